The van der Waals surface area contributed by atoms with Gasteiger partial charge in [-0.1, -0.05) is 20.3 Å². The summed E-state index contributed by atoms with van der Waals surface area (Å²) in [6.07, 6.45) is 0.887. The van der Waals surface area contributed by atoms with E-state index in [1.807, 2.05) is 13.8 Å². The zero-order valence-corrected chi connectivity index (χ0v) is 13.3. The van der Waals surface area contributed by atoms with Crippen molar-refractivity contribution >= 4 is 15.2 Å². The molecule has 0 bridgehead atoms. The Labute approximate surface area is 116 Å². The van der Waals surface area contributed by atoms with Gasteiger partial charge in [0, 0.05) is 18.4 Å². The van der Waals surface area contributed by atoms with Crippen LogP contribution in [0, 0.1) is 39.0 Å². The van der Waals surface area contributed by atoms with E-state index < -0.39 is 0 Å². The van der Waals surface area contributed by atoms with Crippen molar-refractivity contribution in [1.29, 1.82) is 0 Å². The van der Waals surface area contributed by atoms with Gasteiger partial charge >= 0.3 is 28.2 Å². The second-order valence-electron chi connectivity index (χ2n) is 4.26. The van der Waals surface area contributed by atoms with E-state index in [2.05, 4.69) is 28.6 Å². The summed E-state index contributed by atoms with van der Waals surface area (Å²) < 4.78 is 0. The van der Waals surface area contributed by atoms with Crippen LogP contribution in [0.2, 0.25) is 0 Å². The van der Waals surface area contributed by atoms with Gasteiger partial charge in [-0.3, -0.25) is 4.79 Å². The molecule has 0 aliphatic carbocycles. The second-order valence-corrected chi connectivity index (χ2v) is 4.26. The Balaban J connectivity index is 0. The molecule has 1 rings (SSSR count). The van der Waals surface area contributed by atoms with Gasteiger partial charge < -0.3 is 26.6 Å². The van der Waals surface area contributed by atoms with Crippen LogP contribution in [0.15, 0.2) is 0 Å². The molecule has 0 radical (unpaired) electrons. The topological polar surface area (TPSA) is 29.1 Å². The molecule has 3 unspecified atom stereocenters. The number of hydrogen-bond acceptors (Lipinski definition) is 2. The maximum atomic E-state index is 11.7. The number of carbonyl (C=O) groups is 1. The number of ketones is 1. The minimum atomic E-state index is 0. The van der Waals surface area contributed by atoms with Gasteiger partial charge in [-0.05, 0) is 0 Å². The molecule has 4 heteroatoms. The Morgan fingerprint density at radius 3 is 2.31 bits per heavy atom. The third-order valence-corrected chi connectivity index (χ3v) is 2.75. The fraction of sp³-hybridized carbons (Fsp3) is 0.667. The van der Waals surface area contributed by atoms with Crippen molar-refractivity contribution in [3.63, 3.8) is 0 Å². The van der Waals surface area contributed by atoms with Gasteiger partial charge in [0.2, 0.25) is 0 Å². The van der Waals surface area contributed by atoms with E-state index in [-0.39, 0.29) is 31.2 Å². The zero-order valence-electron chi connectivity index (χ0n) is 10.2. The summed E-state index contributed by atoms with van der Waals surface area (Å²) >= 11 is 1.61. The molecular formula is C12H22ClNOPt-3. The Morgan fingerprint density at radius 2 is 1.94 bits per heavy atom. The van der Waals surface area contributed by atoms with Crippen molar-refractivity contribution < 1.29 is 23.6 Å². The van der Waals surface area contributed by atoms with E-state index in [9.17, 15) is 4.79 Å². The van der Waals surface area contributed by atoms with Gasteiger partial charge in [-0.15, -0.1) is 6.04 Å². The fourth-order valence-corrected chi connectivity index (χ4v) is 1.76. The zero-order chi connectivity index (χ0) is 12.0. The average Bonchev–Trinajstić information content (AvgIpc) is 2.24. The maximum absolute atomic E-state index is 11.7. The van der Waals surface area contributed by atoms with Crippen LogP contribution in [0.4, 0.5) is 0 Å². The van der Waals surface area contributed by atoms with E-state index in [1.54, 1.807) is 18.8 Å². The van der Waals surface area contributed by atoms with Crippen molar-refractivity contribution in [2.45, 2.75) is 26.3 Å². The first kappa shape index (κ1) is 19.0. The predicted octanol–water partition coefficient (Wildman–Crippen LogP) is 2.61. The van der Waals surface area contributed by atoms with Crippen molar-refractivity contribution in [2.24, 2.45) is 17.8 Å². The molecule has 1 fully saturated rings. The second kappa shape index (κ2) is 9.62. The van der Waals surface area contributed by atoms with Gasteiger partial charge in [0.15, 0.2) is 0 Å². The molecular weight excluding hydrogens is 405 g/mol. The summed E-state index contributed by atoms with van der Waals surface area (Å²) in [6.45, 7) is 12.6. The summed E-state index contributed by atoms with van der Waals surface area (Å²) in [6, 6.07) is 0.205. The number of rotatable bonds is 2. The molecule has 1 aliphatic rings. The number of piperidine rings is 1. The first-order valence-electron chi connectivity index (χ1n) is 5.07. The normalized spacial score (nSPS) is 28.9. The third kappa shape index (κ3) is 5.79. The summed E-state index contributed by atoms with van der Waals surface area (Å²) in [7, 11) is 4.61. The van der Waals surface area contributed by atoms with Crippen molar-refractivity contribution in [2.75, 3.05) is 6.54 Å². The molecule has 0 aromatic carbocycles. The summed E-state index contributed by atoms with van der Waals surface area (Å²) in [4.78, 5) is 11.7. The number of hydrogen-bond donors (Lipinski definition) is 1. The summed E-state index contributed by atoms with van der Waals surface area (Å²) in [5.41, 5.74) is 0. The van der Waals surface area contributed by atoms with E-state index in [1.165, 1.54) is 0 Å². The van der Waals surface area contributed by atoms with Crippen LogP contribution >= 0.6 is 9.42 Å². The van der Waals surface area contributed by atoms with Crippen LogP contribution in [0.1, 0.15) is 20.3 Å². The van der Waals surface area contributed by atoms with Gasteiger partial charge in [0.1, 0.15) is 5.78 Å². The van der Waals surface area contributed by atoms with Gasteiger partial charge in [0.25, 0.3) is 0 Å². The molecule has 1 aliphatic heterocycles. The van der Waals surface area contributed by atoms with Crippen molar-refractivity contribution in [3.05, 3.63) is 21.3 Å². The molecule has 3 atom stereocenters. The molecule has 1 heterocycles. The molecule has 1 N–H and O–H groups in total. The quantitative estimate of drug-likeness (QED) is 0.688. The molecule has 0 aromatic rings. The van der Waals surface area contributed by atoms with E-state index in [4.69, 9.17) is 0 Å². The Kier molecular flexibility index (Phi) is 11.4. The predicted molar refractivity (Wildman–Crippen MR) is 66.2 cm³/mol. The van der Waals surface area contributed by atoms with Crippen LogP contribution in [-0.4, -0.2) is 18.4 Å². The van der Waals surface area contributed by atoms with Crippen LogP contribution in [0.5, 0.6) is 0 Å². The first-order chi connectivity index (χ1) is 7.02. The third-order valence-electron chi connectivity index (χ3n) is 2.75. The van der Waals surface area contributed by atoms with Gasteiger partial charge in [-0.25, -0.2) is 0 Å². The van der Waals surface area contributed by atoms with Crippen LogP contribution in [-0.2, 0) is 23.6 Å². The van der Waals surface area contributed by atoms with Crippen molar-refractivity contribution in [1.82, 2.24) is 5.32 Å². The molecule has 101 valence electrons. The van der Waals surface area contributed by atoms with Crippen molar-refractivity contribution in [3.8, 4) is 0 Å². The molecule has 0 amide bonds. The molecule has 1 saturated heterocycles. The molecule has 0 saturated carbocycles. The van der Waals surface area contributed by atoms with Crippen LogP contribution < -0.4 is 5.32 Å². The van der Waals surface area contributed by atoms with Gasteiger partial charge in [-0.2, -0.15) is 5.92 Å². The van der Waals surface area contributed by atoms with Gasteiger partial charge in [0.05, 0.1) is 0 Å². The van der Waals surface area contributed by atoms with Crippen LogP contribution in [0.25, 0.3) is 0 Å². The molecule has 0 spiro atoms. The summed E-state index contributed by atoms with van der Waals surface area (Å²) in [5, 5.41) is 3.22. The summed E-state index contributed by atoms with van der Waals surface area (Å²) in [5.74, 6) is 0.912. The van der Waals surface area contributed by atoms with E-state index in [0.29, 0.717) is 5.78 Å². The standard InChI is InChI=1S/C11H19NO.CH3.ClH.Pt/c1-7(2)11(13)10-5-8(3)9(4)12-6-10;;;/h7-10,12H,3-6H2,1-2H3;1H3;1H;/q-2;-1;;+1/p-1. The fourth-order valence-electron chi connectivity index (χ4n) is 1.76. The van der Waals surface area contributed by atoms with E-state index >= 15 is 0 Å². The Hall–Kier alpha value is 0.608. The average molecular weight is 427 g/mol. The van der Waals surface area contributed by atoms with Crippen LogP contribution in [0.3, 0.4) is 0 Å². The molecule has 2 nitrogen and oxygen atoms in total. The molecule has 16 heavy (non-hydrogen) atoms. The SMILES string of the molecule is [CH2-]C1CC(C(=O)C(C)C)CNC1[CH2-].[CH3-].[Cl][Pt]. The number of halogens is 1. The first-order valence-corrected chi connectivity index (χ1v) is 7.89. The Bertz CT molecular complexity index is 199. The van der Waals surface area contributed by atoms with E-state index in [0.717, 1.165) is 13.0 Å². The number of nitrogens with one attached hydrogen (secondary N) is 1. The monoisotopic (exact) mass is 426 g/mol. The Morgan fingerprint density at radius 1 is 1.44 bits per heavy atom. The molecule has 0 aromatic heterocycles. The number of Topliss-reactive ketones (excluding diaryl/α,β-unsaturated/α-hetero) is 1. The number of carbonyl (C=O) groups excluding carboxylic acids is 1. The minimum absolute atomic E-state index is 0.